The van der Waals surface area contributed by atoms with E-state index >= 15 is 0 Å². The number of carboxylic acid groups (broad SMARTS) is 1. The smallest absolute Gasteiger partial charge is 0.331 e. The standard InChI is InChI=1S/C13H21NO3/c1-10(13(16)17)9-12(15)14-11-7-5-3-2-4-6-8-11/h9,11H,2-8H2,1H3,(H,14,15)(H,16,17)/b10-9+. The lowest BCUT2D eigenvalue weighted by Gasteiger charge is -2.20. The maximum atomic E-state index is 11.6. The summed E-state index contributed by atoms with van der Waals surface area (Å²) in [5.41, 5.74) is 0.0772. The molecule has 1 fully saturated rings. The number of rotatable bonds is 3. The summed E-state index contributed by atoms with van der Waals surface area (Å²) in [6, 6.07) is 0.209. The van der Waals surface area contributed by atoms with Crippen molar-refractivity contribution in [1.82, 2.24) is 5.32 Å². The van der Waals surface area contributed by atoms with Crippen LogP contribution in [0.1, 0.15) is 51.9 Å². The first kappa shape index (κ1) is 13.7. The second-order valence-electron chi connectivity index (χ2n) is 4.68. The normalized spacial score (nSPS) is 19.2. The number of nitrogens with one attached hydrogen (secondary N) is 1. The van der Waals surface area contributed by atoms with Crippen molar-refractivity contribution >= 4 is 11.9 Å². The summed E-state index contributed by atoms with van der Waals surface area (Å²) >= 11 is 0. The van der Waals surface area contributed by atoms with Crippen molar-refractivity contribution in [3.8, 4) is 0 Å². The number of aliphatic carboxylic acids is 1. The number of carbonyl (C=O) groups is 2. The molecule has 0 aliphatic heterocycles. The van der Waals surface area contributed by atoms with Crippen molar-refractivity contribution in [1.29, 1.82) is 0 Å². The number of carbonyl (C=O) groups excluding carboxylic acids is 1. The van der Waals surface area contributed by atoms with E-state index in [2.05, 4.69) is 5.32 Å². The van der Waals surface area contributed by atoms with E-state index in [4.69, 9.17) is 5.11 Å². The van der Waals surface area contributed by atoms with Gasteiger partial charge in [-0.15, -0.1) is 0 Å². The molecule has 4 nitrogen and oxygen atoms in total. The number of amides is 1. The third-order valence-corrected chi connectivity index (χ3v) is 3.14. The summed E-state index contributed by atoms with van der Waals surface area (Å²) in [5.74, 6) is -1.33. The molecule has 1 saturated carbocycles. The van der Waals surface area contributed by atoms with Crippen LogP contribution in [0.5, 0.6) is 0 Å². The van der Waals surface area contributed by atoms with Gasteiger partial charge in [0.2, 0.25) is 5.91 Å². The topological polar surface area (TPSA) is 66.4 Å². The SMILES string of the molecule is C/C(=C\C(=O)NC1CCCCCCC1)C(=O)O. The quantitative estimate of drug-likeness (QED) is 0.742. The maximum Gasteiger partial charge on any atom is 0.331 e. The predicted molar refractivity (Wildman–Crippen MR) is 65.6 cm³/mol. The summed E-state index contributed by atoms with van der Waals surface area (Å²) in [6.07, 6.45) is 9.23. The van der Waals surface area contributed by atoms with Gasteiger partial charge in [-0.05, 0) is 19.8 Å². The summed E-state index contributed by atoms with van der Waals surface area (Å²) in [7, 11) is 0. The van der Waals surface area contributed by atoms with Gasteiger partial charge in [0.15, 0.2) is 0 Å². The Bertz CT molecular complexity index is 302. The molecular formula is C13H21NO3. The van der Waals surface area contributed by atoms with Crippen LogP contribution in [0.4, 0.5) is 0 Å². The highest BCUT2D eigenvalue weighted by molar-refractivity contribution is 5.97. The van der Waals surface area contributed by atoms with Crippen molar-refractivity contribution in [3.05, 3.63) is 11.6 Å². The zero-order valence-electron chi connectivity index (χ0n) is 10.4. The summed E-state index contributed by atoms with van der Waals surface area (Å²) in [5, 5.41) is 11.6. The summed E-state index contributed by atoms with van der Waals surface area (Å²) in [4.78, 5) is 22.2. The van der Waals surface area contributed by atoms with Gasteiger partial charge < -0.3 is 10.4 Å². The average molecular weight is 239 g/mol. The average Bonchev–Trinajstić information content (AvgIpc) is 2.21. The van der Waals surface area contributed by atoms with Crippen molar-refractivity contribution in [2.24, 2.45) is 0 Å². The van der Waals surface area contributed by atoms with E-state index in [1.54, 1.807) is 0 Å². The highest BCUT2D eigenvalue weighted by Crippen LogP contribution is 2.17. The summed E-state index contributed by atoms with van der Waals surface area (Å²) < 4.78 is 0. The van der Waals surface area contributed by atoms with Gasteiger partial charge in [0.05, 0.1) is 0 Å². The van der Waals surface area contributed by atoms with E-state index < -0.39 is 5.97 Å². The van der Waals surface area contributed by atoms with E-state index in [-0.39, 0.29) is 17.5 Å². The Morgan fingerprint density at radius 2 is 1.65 bits per heavy atom. The molecule has 0 spiro atoms. The van der Waals surface area contributed by atoms with Crippen LogP contribution in [0.2, 0.25) is 0 Å². The fourth-order valence-electron chi connectivity index (χ4n) is 2.10. The first-order chi connectivity index (χ1) is 8.09. The minimum Gasteiger partial charge on any atom is -0.478 e. The van der Waals surface area contributed by atoms with Gasteiger partial charge in [0.25, 0.3) is 0 Å². The fourth-order valence-corrected chi connectivity index (χ4v) is 2.10. The van der Waals surface area contributed by atoms with Crippen molar-refractivity contribution in [2.45, 2.75) is 57.9 Å². The Hall–Kier alpha value is -1.32. The van der Waals surface area contributed by atoms with Crippen LogP contribution < -0.4 is 5.32 Å². The molecule has 0 aromatic rings. The van der Waals surface area contributed by atoms with Crippen LogP contribution in [0.25, 0.3) is 0 Å². The summed E-state index contributed by atoms with van der Waals surface area (Å²) in [6.45, 7) is 1.43. The third kappa shape index (κ3) is 5.52. The van der Waals surface area contributed by atoms with Crippen molar-refractivity contribution in [2.75, 3.05) is 0 Å². The first-order valence-electron chi connectivity index (χ1n) is 6.31. The van der Waals surface area contributed by atoms with Crippen LogP contribution >= 0.6 is 0 Å². The molecule has 2 N–H and O–H groups in total. The van der Waals surface area contributed by atoms with Crippen LogP contribution in [0.15, 0.2) is 11.6 Å². The molecule has 0 saturated heterocycles. The van der Waals surface area contributed by atoms with Gasteiger partial charge in [-0.2, -0.15) is 0 Å². The van der Waals surface area contributed by atoms with E-state index in [0.717, 1.165) is 25.7 Å². The highest BCUT2D eigenvalue weighted by atomic mass is 16.4. The van der Waals surface area contributed by atoms with Crippen LogP contribution in [-0.2, 0) is 9.59 Å². The minimum absolute atomic E-state index is 0.0772. The number of hydrogen-bond acceptors (Lipinski definition) is 2. The zero-order valence-corrected chi connectivity index (χ0v) is 10.4. The van der Waals surface area contributed by atoms with Gasteiger partial charge in [0, 0.05) is 17.7 Å². The second kappa shape index (κ2) is 7.09. The molecule has 0 bridgehead atoms. The molecule has 0 radical (unpaired) electrons. The molecule has 1 aliphatic carbocycles. The van der Waals surface area contributed by atoms with Gasteiger partial charge in [-0.1, -0.05) is 32.1 Å². The van der Waals surface area contributed by atoms with Crippen molar-refractivity contribution < 1.29 is 14.7 Å². The third-order valence-electron chi connectivity index (χ3n) is 3.14. The molecule has 0 aromatic heterocycles. The highest BCUT2D eigenvalue weighted by Gasteiger charge is 2.13. The monoisotopic (exact) mass is 239 g/mol. The lowest BCUT2D eigenvalue weighted by molar-refractivity contribution is -0.133. The maximum absolute atomic E-state index is 11.6. The lowest BCUT2D eigenvalue weighted by atomic mass is 9.97. The number of hydrogen-bond donors (Lipinski definition) is 2. The van der Waals surface area contributed by atoms with Gasteiger partial charge >= 0.3 is 5.97 Å². The molecule has 1 amide bonds. The first-order valence-corrected chi connectivity index (χ1v) is 6.31. The fraction of sp³-hybridized carbons (Fsp3) is 0.692. The molecule has 0 atom stereocenters. The van der Waals surface area contributed by atoms with Crippen LogP contribution in [-0.4, -0.2) is 23.0 Å². The molecule has 1 rings (SSSR count). The lowest BCUT2D eigenvalue weighted by Crippen LogP contribution is -2.34. The Kier molecular flexibility index (Phi) is 5.73. The molecule has 0 aromatic carbocycles. The van der Waals surface area contributed by atoms with Gasteiger partial charge in [0.1, 0.15) is 0 Å². The van der Waals surface area contributed by atoms with E-state index in [0.29, 0.717) is 0 Å². The van der Waals surface area contributed by atoms with Gasteiger partial charge in [-0.3, -0.25) is 4.79 Å². The predicted octanol–water partition coefficient (Wildman–Crippen LogP) is 2.25. The zero-order chi connectivity index (χ0) is 12.7. The molecule has 1 aliphatic rings. The van der Waals surface area contributed by atoms with Crippen LogP contribution in [0, 0.1) is 0 Å². The molecule has 4 heteroatoms. The minimum atomic E-state index is -1.04. The Labute approximate surface area is 102 Å². The Balaban J connectivity index is 2.43. The Morgan fingerprint density at radius 1 is 1.12 bits per heavy atom. The van der Waals surface area contributed by atoms with Crippen molar-refractivity contribution in [3.63, 3.8) is 0 Å². The second-order valence-corrected chi connectivity index (χ2v) is 4.68. The molecular weight excluding hydrogens is 218 g/mol. The van der Waals surface area contributed by atoms with E-state index in [1.807, 2.05) is 0 Å². The molecule has 0 heterocycles. The Morgan fingerprint density at radius 3 is 2.18 bits per heavy atom. The van der Waals surface area contributed by atoms with Gasteiger partial charge in [-0.25, -0.2) is 4.79 Å². The molecule has 96 valence electrons. The van der Waals surface area contributed by atoms with E-state index in [9.17, 15) is 9.59 Å². The number of carboxylic acids is 1. The van der Waals surface area contributed by atoms with E-state index in [1.165, 1.54) is 32.3 Å². The molecule has 0 unspecified atom stereocenters. The molecule has 17 heavy (non-hydrogen) atoms. The van der Waals surface area contributed by atoms with Crippen LogP contribution in [0.3, 0.4) is 0 Å². The largest absolute Gasteiger partial charge is 0.478 e.